The Balaban J connectivity index is 1.88. The molecule has 2 aromatic carbocycles. The number of ether oxygens (including phenoxy) is 1. The van der Waals surface area contributed by atoms with Crippen molar-refractivity contribution in [2.24, 2.45) is 15.8 Å². The van der Waals surface area contributed by atoms with Crippen molar-refractivity contribution in [3.63, 3.8) is 0 Å². The minimum Gasteiger partial charge on any atom is -0.478 e. The summed E-state index contributed by atoms with van der Waals surface area (Å²) in [4.78, 5) is 5.16. The molecule has 1 aliphatic heterocycles. The van der Waals surface area contributed by atoms with Crippen LogP contribution in [0.2, 0.25) is 0 Å². The second kappa shape index (κ2) is 8.37. The molecule has 2 aliphatic rings. The van der Waals surface area contributed by atoms with Gasteiger partial charge in [-0.2, -0.15) is 5.26 Å². The number of hydrogen-bond donors (Lipinski definition) is 0. The molecule has 0 amide bonds. The molecule has 0 spiro atoms. The average molecular weight is 451 g/mol. The zero-order chi connectivity index (χ0) is 23.0. The summed E-state index contributed by atoms with van der Waals surface area (Å²) >= 11 is 0. The molecule has 0 radical (unpaired) electrons. The topological polar surface area (TPSA) is 79.5 Å². The van der Waals surface area contributed by atoms with E-state index in [0.29, 0.717) is 36.7 Å². The quantitative estimate of drug-likeness (QED) is 0.645. The highest BCUT2D eigenvalue weighted by Gasteiger charge is 2.56. The second-order valence-electron chi connectivity index (χ2n) is 9.89. The van der Waals surface area contributed by atoms with Gasteiger partial charge in [-0.1, -0.05) is 69.3 Å². The summed E-state index contributed by atoms with van der Waals surface area (Å²) in [6, 6.07) is 20.6. The zero-order valence-electron chi connectivity index (χ0n) is 18.9. The van der Waals surface area contributed by atoms with E-state index in [0.717, 1.165) is 5.56 Å². The highest BCUT2D eigenvalue weighted by atomic mass is 32.2. The maximum absolute atomic E-state index is 13.8. The van der Waals surface area contributed by atoms with Gasteiger partial charge in [-0.3, -0.25) is 0 Å². The molecule has 1 saturated carbocycles. The summed E-state index contributed by atoms with van der Waals surface area (Å²) in [6.07, 6.45) is 1.64. The van der Waals surface area contributed by atoms with Crippen molar-refractivity contribution in [1.82, 2.24) is 0 Å². The van der Waals surface area contributed by atoms with Crippen molar-refractivity contribution in [1.29, 1.82) is 5.26 Å². The third-order valence-corrected chi connectivity index (χ3v) is 9.06. The molecule has 1 fully saturated rings. The van der Waals surface area contributed by atoms with E-state index in [-0.39, 0.29) is 11.5 Å². The van der Waals surface area contributed by atoms with Gasteiger partial charge in [0.05, 0.1) is 22.3 Å². The lowest BCUT2D eigenvalue weighted by atomic mass is 9.64. The highest BCUT2D eigenvalue weighted by Crippen LogP contribution is 2.52. The first-order valence-electron chi connectivity index (χ1n) is 11.2. The van der Waals surface area contributed by atoms with E-state index in [9.17, 15) is 13.7 Å². The molecule has 0 N–H and O–H groups in total. The number of hydrogen-bond acceptors (Lipinski definition) is 5. The van der Waals surface area contributed by atoms with Crippen molar-refractivity contribution in [2.75, 3.05) is 6.61 Å². The van der Waals surface area contributed by atoms with Crippen molar-refractivity contribution < 1.29 is 13.2 Å². The van der Waals surface area contributed by atoms with E-state index >= 15 is 0 Å². The van der Waals surface area contributed by atoms with Gasteiger partial charge in [0.25, 0.3) is 0 Å². The van der Waals surface area contributed by atoms with Gasteiger partial charge in [-0.05, 0) is 42.4 Å². The molecule has 3 unspecified atom stereocenters. The van der Waals surface area contributed by atoms with Crippen molar-refractivity contribution in [3.8, 4) is 6.07 Å². The molecule has 6 heteroatoms. The van der Waals surface area contributed by atoms with Crippen LogP contribution < -0.4 is 0 Å². The first-order valence-corrected chi connectivity index (χ1v) is 12.7. The standard InChI is InChI=1S/C26H30N2O3S/c1-25(2,3)22-17-31-24(28-22)26(18-27)16-10-15-21(23(26)19-11-6-4-7-12-19)32(29,30)20-13-8-5-9-14-20/h4-9,11-14,21-23H,10,15-17H2,1-3H3/t21?,22-,23?,26?/m1/s1. The van der Waals surface area contributed by atoms with Crippen LogP contribution >= 0.6 is 0 Å². The normalized spacial score (nSPS) is 28.4. The lowest BCUT2D eigenvalue weighted by Crippen LogP contribution is -2.48. The minimum absolute atomic E-state index is 0.0646. The van der Waals surface area contributed by atoms with E-state index in [4.69, 9.17) is 9.73 Å². The lowest BCUT2D eigenvalue weighted by molar-refractivity contribution is 0.204. The van der Waals surface area contributed by atoms with Crippen LogP contribution in [-0.4, -0.2) is 32.2 Å². The minimum atomic E-state index is -3.67. The molecular weight excluding hydrogens is 420 g/mol. The van der Waals surface area contributed by atoms with Gasteiger partial charge in [0.15, 0.2) is 9.84 Å². The van der Waals surface area contributed by atoms with Crippen molar-refractivity contribution in [3.05, 3.63) is 66.2 Å². The molecule has 0 saturated heterocycles. The van der Waals surface area contributed by atoms with Crippen molar-refractivity contribution in [2.45, 2.75) is 62.1 Å². The van der Waals surface area contributed by atoms with Crippen LogP contribution in [0.4, 0.5) is 0 Å². The van der Waals surface area contributed by atoms with Crippen LogP contribution in [0.3, 0.4) is 0 Å². The van der Waals surface area contributed by atoms with E-state index in [1.165, 1.54) is 0 Å². The second-order valence-corrected chi connectivity index (χ2v) is 12.1. The Labute approximate surface area is 191 Å². The third kappa shape index (κ3) is 3.84. The largest absolute Gasteiger partial charge is 0.478 e. The Morgan fingerprint density at radius 3 is 2.25 bits per heavy atom. The van der Waals surface area contributed by atoms with Crippen LogP contribution in [0.5, 0.6) is 0 Å². The molecule has 168 valence electrons. The fourth-order valence-corrected chi connectivity index (χ4v) is 7.09. The molecule has 32 heavy (non-hydrogen) atoms. The summed E-state index contributed by atoms with van der Waals surface area (Å²) in [6.45, 7) is 6.72. The van der Waals surface area contributed by atoms with Gasteiger partial charge >= 0.3 is 0 Å². The van der Waals surface area contributed by atoms with E-state index in [2.05, 4.69) is 26.8 Å². The van der Waals surface area contributed by atoms with Crippen LogP contribution in [0.1, 0.15) is 51.5 Å². The van der Waals surface area contributed by atoms with Gasteiger partial charge < -0.3 is 4.74 Å². The smallest absolute Gasteiger partial charge is 0.205 e. The van der Waals surface area contributed by atoms with E-state index in [1.807, 2.05) is 36.4 Å². The average Bonchev–Trinajstić information content (AvgIpc) is 3.31. The third-order valence-electron chi connectivity index (χ3n) is 6.82. The lowest BCUT2D eigenvalue weighted by Gasteiger charge is -2.43. The maximum atomic E-state index is 13.8. The molecule has 0 bridgehead atoms. The molecule has 2 aromatic rings. The van der Waals surface area contributed by atoms with Crippen LogP contribution in [0.15, 0.2) is 70.6 Å². The Morgan fingerprint density at radius 1 is 1.06 bits per heavy atom. The van der Waals surface area contributed by atoms with Gasteiger partial charge in [0.1, 0.15) is 12.0 Å². The summed E-state index contributed by atoms with van der Waals surface area (Å²) in [5.74, 6) is -0.160. The Morgan fingerprint density at radius 2 is 1.69 bits per heavy atom. The first kappa shape index (κ1) is 22.5. The number of aliphatic imine (C=N–C) groups is 1. The Bertz CT molecular complexity index is 1130. The van der Waals surface area contributed by atoms with E-state index in [1.54, 1.807) is 24.3 Å². The molecule has 5 nitrogen and oxygen atoms in total. The van der Waals surface area contributed by atoms with Crippen molar-refractivity contribution >= 4 is 15.7 Å². The summed E-state index contributed by atoms with van der Waals surface area (Å²) in [7, 11) is -3.67. The fraction of sp³-hybridized carbons (Fsp3) is 0.462. The molecule has 0 aromatic heterocycles. The number of benzene rings is 2. The highest BCUT2D eigenvalue weighted by molar-refractivity contribution is 7.92. The van der Waals surface area contributed by atoms with Crippen LogP contribution in [-0.2, 0) is 14.6 Å². The summed E-state index contributed by atoms with van der Waals surface area (Å²) in [5, 5.41) is 9.84. The number of nitrogens with zero attached hydrogens (tertiary/aromatic N) is 2. The fourth-order valence-electron chi connectivity index (χ4n) is 4.98. The summed E-state index contributed by atoms with van der Waals surface area (Å²) < 4.78 is 33.7. The molecule has 1 aliphatic carbocycles. The Hall–Kier alpha value is -2.65. The van der Waals surface area contributed by atoms with Crippen LogP contribution in [0, 0.1) is 22.2 Å². The maximum Gasteiger partial charge on any atom is 0.205 e. The molecule has 1 heterocycles. The molecule has 4 atom stereocenters. The van der Waals surface area contributed by atoms with E-state index < -0.39 is 26.4 Å². The number of sulfone groups is 1. The zero-order valence-corrected chi connectivity index (χ0v) is 19.7. The first-order chi connectivity index (χ1) is 15.2. The predicted molar refractivity (Wildman–Crippen MR) is 125 cm³/mol. The monoisotopic (exact) mass is 450 g/mol. The van der Waals surface area contributed by atoms with Gasteiger partial charge in [0.2, 0.25) is 5.90 Å². The van der Waals surface area contributed by atoms with Gasteiger partial charge in [-0.25, -0.2) is 13.4 Å². The molecular formula is C26H30N2O3S. The molecule has 4 rings (SSSR count). The SMILES string of the molecule is CC(C)(C)[C@H]1COC(C2(C#N)CCCC(S(=O)(=O)c3ccccc3)C2c2ccccc2)=N1. The van der Waals surface area contributed by atoms with Gasteiger partial charge in [-0.15, -0.1) is 0 Å². The summed E-state index contributed by atoms with van der Waals surface area (Å²) in [5.41, 5.74) is -0.388. The number of nitriles is 1. The Kier molecular flexibility index (Phi) is 5.89. The number of rotatable bonds is 4. The predicted octanol–water partition coefficient (Wildman–Crippen LogP) is 5.15. The van der Waals surface area contributed by atoms with Gasteiger partial charge in [0, 0.05) is 5.92 Å². The van der Waals surface area contributed by atoms with Crippen LogP contribution in [0.25, 0.3) is 0 Å².